The van der Waals surface area contributed by atoms with E-state index in [1.807, 2.05) is 35.2 Å². The van der Waals surface area contributed by atoms with Crippen LogP contribution in [0.1, 0.15) is 54.4 Å². The van der Waals surface area contributed by atoms with Gasteiger partial charge in [-0.2, -0.15) is 0 Å². The lowest BCUT2D eigenvalue weighted by atomic mass is 9.67. The van der Waals surface area contributed by atoms with Gasteiger partial charge in [0, 0.05) is 13.1 Å². The average molecular weight is 493 g/mol. The molecule has 1 unspecified atom stereocenters. The van der Waals surface area contributed by atoms with Crippen molar-refractivity contribution < 1.29 is 9.18 Å². The average Bonchev–Trinajstić information content (AvgIpc) is 2.89. The van der Waals surface area contributed by atoms with E-state index in [1.165, 1.54) is 11.6 Å². The number of piperidine rings is 1. The van der Waals surface area contributed by atoms with E-state index in [2.05, 4.69) is 48.2 Å². The first-order valence-electron chi connectivity index (χ1n) is 12.5. The standard InChI is InChI=1S/C30H33FN2O.ClH/c1-2-33-22-25-9-6-7-14-28(25)30(29(33)34,26-11-4-3-5-12-26)17-20-32-18-15-23(16-19-32)24-10-8-13-27(31)21-24;/h3-14,21,23H,2,15-20,22H2,1H3;1H. The van der Waals surface area contributed by atoms with Crippen LogP contribution >= 0.6 is 12.4 Å². The highest BCUT2D eigenvalue weighted by Crippen LogP contribution is 2.43. The molecule has 3 nitrogen and oxygen atoms in total. The molecular formula is C30H34ClFN2O. The van der Waals surface area contributed by atoms with Crippen molar-refractivity contribution in [2.24, 2.45) is 0 Å². The monoisotopic (exact) mass is 492 g/mol. The zero-order valence-corrected chi connectivity index (χ0v) is 21.1. The maximum absolute atomic E-state index is 14.1. The van der Waals surface area contributed by atoms with Crippen LogP contribution in [0.3, 0.4) is 0 Å². The van der Waals surface area contributed by atoms with E-state index in [-0.39, 0.29) is 24.1 Å². The summed E-state index contributed by atoms with van der Waals surface area (Å²) in [5.41, 5.74) is 3.93. The fourth-order valence-corrected chi connectivity index (χ4v) is 5.96. The normalized spacial score (nSPS) is 20.9. The Balaban J connectivity index is 0.00000289. The molecule has 5 rings (SSSR count). The van der Waals surface area contributed by atoms with Crippen LogP contribution in [0.2, 0.25) is 0 Å². The lowest BCUT2D eigenvalue weighted by Gasteiger charge is -2.44. The Labute approximate surface area is 214 Å². The first-order valence-corrected chi connectivity index (χ1v) is 12.5. The number of nitrogens with zero attached hydrogens (tertiary/aromatic N) is 2. The quantitative estimate of drug-likeness (QED) is 0.411. The number of halogens is 2. The van der Waals surface area contributed by atoms with Gasteiger partial charge in [-0.1, -0.05) is 66.7 Å². The van der Waals surface area contributed by atoms with Crippen molar-refractivity contribution in [2.45, 2.75) is 44.1 Å². The van der Waals surface area contributed by atoms with Gasteiger partial charge in [-0.05, 0) is 86.1 Å². The smallest absolute Gasteiger partial charge is 0.238 e. The SMILES string of the molecule is CCN1Cc2ccccc2C(CCN2CCC(c3cccc(F)c3)CC2)(c2ccccc2)C1=O.Cl. The second-order valence-corrected chi connectivity index (χ2v) is 9.67. The van der Waals surface area contributed by atoms with E-state index in [1.54, 1.807) is 6.07 Å². The van der Waals surface area contributed by atoms with Crippen LogP contribution in [0.15, 0.2) is 78.9 Å². The van der Waals surface area contributed by atoms with E-state index < -0.39 is 5.41 Å². The Morgan fingerprint density at radius 1 is 0.943 bits per heavy atom. The number of fused-ring (bicyclic) bond motifs is 1. The van der Waals surface area contributed by atoms with Crippen LogP contribution in [0.4, 0.5) is 4.39 Å². The number of likely N-dealkylation sites (N-methyl/N-ethyl adjacent to an activating group) is 1. The molecule has 1 fully saturated rings. The lowest BCUT2D eigenvalue weighted by Crippen LogP contribution is -2.53. The molecule has 3 aromatic rings. The molecule has 35 heavy (non-hydrogen) atoms. The molecule has 0 saturated carbocycles. The van der Waals surface area contributed by atoms with Crippen molar-refractivity contribution in [3.8, 4) is 0 Å². The van der Waals surface area contributed by atoms with Crippen LogP contribution in [0.25, 0.3) is 0 Å². The number of benzene rings is 3. The Bertz CT molecular complexity index is 1150. The molecule has 1 saturated heterocycles. The first-order chi connectivity index (χ1) is 16.6. The summed E-state index contributed by atoms with van der Waals surface area (Å²) in [5, 5.41) is 0. The lowest BCUT2D eigenvalue weighted by molar-refractivity contribution is -0.138. The molecule has 0 aromatic heterocycles. The number of hydrogen-bond donors (Lipinski definition) is 0. The van der Waals surface area contributed by atoms with Crippen LogP contribution in [0.5, 0.6) is 0 Å². The van der Waals surface area contributed by atoms with Crippen molar-refractivity contribution in [1.29, 1.82) is 0 Å². The van der Waals surface area contributed by atoms with E-state index >= 15 is 0 Å². The van der Waals surface area contributed by atoms with Crippen LogP contribution in [-0.2, 0) is 16.8 Å². The molecule has 0 aliphatic carbocycles. The Morgan fingerprint density at radius 3 is 2.37 bits per heavy atom. The predicted octanol–water partition coefficient (Wildman–Crippen LogP) is 6.17. The second kappa shape index (κ2) is 10.9. The molecule has 2 aliphatic rings. The molecule has 0 N–H and O–H groups in total. The van der Waals surface area contributed by atoms with Crippen molar-refractivity contribution in [3.05, 3.63) is 107 Å². The van der Waals surface area contributed by atoms with Gasteiger partial charge in [-0.25, -0.2) is 4.39 Å². The largest absolute Gasteiger partial charge is 0.338 e. The van der Waals surface area contributed by atoms with Gasteiger partial charge in [-0.15, -0.1) is 12.4 Å². The summed E-state index contributed by atoms with van der Waals surface area (Å²) in [6.07, 6.45) is 2.80. The van der Waals surface area contributed by atoms with Crippen molar-refractivity contribution in [2.75, 3.05) is 26.2 Å². The summed E-state index contributed by atoms with van der Waals surface area (Å²) in [5.74, 6) is 0.469. The summed E-state index contributed by atoms with van der Waals surface area (Å²) in [6, 6.07) is 25.9. The van der Waals surface area contributed by atoms with Gasteiger partial charge < -0.3 is 9.80 Å². The zero-order valence-electron chi connectivity index (χ0n) is 20.3. The number of carbonyl (C=O) groups is 1. The highest BCUT2D eigenvalue weighted by atomic mass is 35.5. The highest BCUT2D eigenvalue weighted by molar-refractivity contribution is 5.94. The Morgan fingerprint density at radius 2 is 1.66 bits per heavy atom. The fraction of sp³-hybridized carbons (Fsp3) is 0.367. The number of rotatable bonds is 6. The third-order valence-electron chi connectivity index (χ3n) is 7.85. The minimum atomic E-state index is -0.661. The van der Waals surface area contributed by atoms with E-state index in [9.17, 15) is 9.18 Å². The molecule has 1 amide bonds. The number of amides is 1. The van der Waals surface area contributed by atoms with Crippen molar-refractivity contribution >= 4 is 18.3 Å². The molecule has 5 heteroatoms. The number of hydrogen-bond acceptors (Lipinski definition) is 2. The van der Waals surface area contributed by atoms with Crippen LogP contribution < -0.4 is 0 Å². The summed E-state index contributed by atoms with van der Waals surface area (Å²) >= 11 is 0. The van der Waals surface area contributed by atoms with E-state index in [0.29, 0.717) is 19.0 Å². The first kappa shape index (κ1) is 25.4. The Hall–Kier alpha value is -2.69. The summed E-state index contributed by atoms with van der Waals surface area (Å²) in [7, 11) is 0. The van der Waals surface area contributed by atoms with Crippen molar-refractivity contribution in [1.82, 2.24) is 9.80 Å². The number of carbonyl (C=O) groups excluding carboxylic acids is 1. The van der Waals surface area contributed by atoms with Gasteiger partial charge in [0.15, 0.2) is 0 Å². The topological polar surface area (TPSA) is 23.6 Å². The van der Waals surface area contributed by atoms with E-state index in [0.717, 1.165) is 55.6 Å². The Kier molecular flexibility index (Phi) is 7.93. The fourth-order valence-electron chi connectivity index (χ4n) is 5.96. The van der Waals surface area contributed by atoms with Gasteiger partial charge in [0.1, 0.15) is 11.2 Å². The van der Waals surface area contributed by atoms with E-state index in [4.69, 9.17) is 0 Å². The zero-order chi connectivity index (χ0) is 23.5. The van der Waals surface area contributed by atoms with Gasteiger partial charge >= 0.3 is 0 Å². The third kappa shape index (κ3) is 4.87. The number of likely N-dealkylation sites (tertiary alicyclic amines) is 1. The van der Waals surface area contributed by atoms with Crippen LogP contribution in [0, 0.1) is 5.82 Å². The minimum absolute atomic E-state index is 0. The molecule has 0 spiro atoms. The van der Waals surface area contributed by atoms with Gasteiger partial charge in [0.05, 0.1) is 0 Å². The van der Waals surface area contributed by atoms with Crippen molar-refractivity contribution in [3.63, 3.8) is 0 Å². The molecule has 0 bridgehead atoms. The molecular weight excluding hydrogens is 459 g/mol. The van der Waals surface area contributed by atoms with Gasteiger partial charge in [-0.3, -0.25) is 4.79 Å². The van der Waals surface area contributed by atoms with Crippen LogP contribution in [-0.4, -0.2) is 41.9 Å². The second-order valence-electron chi connectivity index (χ2n) is 9.67. The molecule has 1 atom stereocenters. The summed E-state index contributed by atoms with van der Waals surface area (Å²) in [4.78, 5) is 18.5. The molecule has 2 aliphatic heterocycles. The maximum atomic E-state index is 14.1. The third-order valence-corrected chi connectivity index (χ3v) is 7.85. The summed E-state index contributed by atoms with van der Waals surface area (Å²) in [6.45, 7) is 6.26. The maximum Gasteiger partial charge on any atom is 0.238 e. The molecule has 0 radical (unpaired) electrons. The summed E-state index contributed by atoms with van der Waals surface area (Å²) < 4.78 is 13.7. The minimum Gasteiger partial charge on any atom is -0.338 e. The molecule has 184 valence electrons. The predicted molar refractivity (Wildman–Crippen MR) is 141 cm³/mol. The highest BCUT2D eigenvalue weighted by Gasteiger charge is 2.48. The molecule has 2 heterocycles. The van der Waals surface area contributed by atoms with Gasteiger partial charge in [0.25, 0.3) is 0 Å². The van der Waals surface area contributed by atoms with Gasteiger partial charge in [0.2, 0.25) is 5.91 Å². The molecule has 3 aromatic carbocycles.